The summed E-state index contributed by atoms with van der Waals surface area (Å²) in [5.41, 5.74) is 1.01. The molecule has 1 aromatic rings. The number of hydrogen-bond acceptors (Lipinski definition) is 4. The van der Waals surface area contributed by atoms with Gasteiger partial charge in [0.25, 0.3) is 0 Å². The van der Waals surface area contributed by atoms with Crippen molar-refractivity contribution >= 4 is 5.91 Å². The molecule has 23 heavy (non-hydrogen) atoms. The fraction of sp³-hybridized carbons (Fsp3) is 0.611. The minimum atomic E-state index is 0.247. The van der Waals surface area contributed by atoms with Gasteiger partial charge in [-0.05, 0) is 50.4 Å². The second kappa shape index (κ2) is 7.21. The lowest BCUT2D eigenvalue weighted by Crippen LogP contribution is -2.37. The minimum absolute atomic E-state index is 0.247. The predicted molar refractivity (Wildman–Crippen MR) is 88.8 cm³/mol. The van der Waals surface area contributed by atoms with E-state index < -0.39 is 0 Å². The molecule has 1 atom stereocenters. The Labute approximate surface area is 137 Å². The van der Waals surface area contributed by atoms with Crippen LogP contribution in [0.1, 0.15) is 37.7 Å². The van der Waals surface area contributed by atoms with E-state index in [1.54, 1.807) is 14.2 Å². The Morgan fingerprint density at radius 2 is 2.09 bits per heavy atom. The van der Waals surface area contributed by atoms with E-state index in [1.807, 2.05) is 23.1 Å². The lowest BCUT2D eigenvalue weighted by atomic mass is 10.1. The number of rotatable bonds is 7. The van der Waals surface area contributed by atoms with Gasteiger partial charge in [0.15, 0.2) is 0 Å². The average Bonchev–Trinajstić information content (AvgIpc) is 3.29. The summed E-state index contributed by atoms with van der Waals surface area (Å²) in [6, 6.07) is 6.49. The Morgan fingerprint density at radius 1 is 1.26 bits per heavy atom. The largest absolute Gasteiger partial charge is 0.497 e. The molecule has 0 aromatic heterocycles. The van der Waals surface area contributed by atoms with Crippen molar-refractivity contribution in [2.24, 2.45) is 0 Å². The van der Waals surface area contributed by atoms with Gasteiger partial charge in [0, 0.05) is 30.6 Å². The molecule has 0 bridgehead atoms. The lowest BCUT2D eigenvalue weighted by molar-refractivity contribution is -0.132. The van der Waals surface area contributed by atoms with E-state index in [0.717, 1.165) is 42.9 Å². The molecule has 1 saturated heterocycles. The number of hydrogen-bond donors (Lipinski definition) is 1. The van der Waals surface area contributed by atoms with Crippen LogP contribution in [0.15, 0.2) is 18.2 Å². The molecule has 2 fully saturated rings. The average molecular weight is 318 g/mol. The summed E-state index contributed by atoms with van der Waals surface area (Å²) in [4.78, 5) is 14.8. The SMILES string of the molecule is COc1ccc(OC)c(CN(C(=O)CC2CCCN2)C2CC2)c1. The quantitative estimate of drug-likeness (QED) is 0.838. The molecule has 1 saturated carbocycles. The normalized spacial score (nSPS) is 20.3. The molecular formula is C18H26N2O3. The Hall–Kier alpha value is -1.75. The summed E-state index contributed by atoms with van der Waals surface area (Å²) in [6.45, 7) is 1.63. The first kappa shape index (κ1) is 16.1. The zero-order valence-corrected chi connectivity index (χ0v) is 14.0. The van der Waals surface area contributed by atoms with Crippen molar-refractivity contribution in [1.82, 2.24) is 10.2 Å². The van der Waals surface area contributed by atoms with Gasteiger partial charge in [0.2, 0.25) is 5.91 Å². The maximum atomic E-state index is 12.8. The second-order valence-corrected chi connectivity index (χ2v) is 6.43. The van der Waals surface area contributed by atoms with Gasteiger partial charge in [-0.3, -0.25) is 4.79 Å². The molecule has 1 unspecified atom stereocenters. The molecule has 126 valence electrons. The van der Waals surface area contributed by atoms with Crippen molar-refractivity contribution in [2.75, 3.05) is 20.8 Å². The molecule has 1 aliphatic carbocycles. The highest BCUT2D eigenvalue weighted by Gasteiger charge is 2.34. The predicted octanol–water partition coefficient (Wildman–Crippen LogP) is 2.34. The molecule has 1 heterocycles. The van der Waals surface area contributed by atoms with Gasteiger partial charge < -0.3 is 19.7 Å². The van der Waals surface area contributed by atoms with Crippen LogP contribution < -0.4 is 14.8 Å². The van der Waals surface area contributed by atoms with Gasteiger partial charge in [-0.1, -0.05) is 0 Å². The summed E-state index contributed by atoms with van der Waals surface area (Å²) in [5.74, 6) is 1.85. The highest BCUT2D eigenvalue weighted by Crippen LogP contribution is 2.32. The third-order valence-electron chi connectivity index (χ3n) is 4.72. The van der Waals surface area contributed by atoms with Crippen LogP contribution in [0.2, 0.25) is 0 Å². The second-order valence-electron chi connectivity index (χ2n) is 6.43. The third-order valence-corrected chi connectivity index (χ3v) is 4.72. The zero-order valence-electron chi connectivity index (χ0n) is 14.0. The molecule has 1 N–H and O–H groups in total. The molecular weight excluding hydrogens is 292 g/mol. The number of nitrogens with one attached hydrogen (secondary N) is 1. The maximum Gasteiger partial charge on any atom is 0.224 e. The number of methoxy groups -OCH3 is 2. The molecule has 2 aliphatic rings. The molecule has 1 amide bonds. The number of amides is 1. The van der Waals surface area contributed by atoms with Crippen molar-refractivity contribution in [1.29, 1.82) is 0 Å². The van der Waals surface area contributed by atoms with Crippen LogP contribution in [0.5, 0.6) is 11.5 Å². The lowest BCUT2D eigenvalue weighted by Gasteiger charge is -2.25. The first-order valence-corrected chi connectivity index (χ1v) is 8.45. The first-order valence-electron chi connectivity index (χ1n) is 8.45. The van der Waals surface area contributed by atoms with E-state index in [-0.39, 0.29) is 5.91 Å². The highest BCUT2D eigenvalue weighted by molar-refractivity contribution is 5.77. The van der Waals surface area contributed by atoms with Gasteiger partial charge >= 0.3 is 0 Å². The number of benzene rings is 1. The molecule has 5 heteroatoms. The molecule has 1 aromatic carbocycles. The Morgan fingerprint density at radius 3 is 2.70 bits per heavy atom. The van der Waals surface area contributed by atoms with Crippen molar-refractivity contribution in [2.45, 2.75) is 50.7 Å². The van der Waals surface area contributed by atoms with Crippen LogP contribution in [0.3, 0.4) is 0 Å². The summed E-state index contributed by atoms with van der Waals surface area (Å²) in [5, 5.41) is 3.41. The Kier molecular flexibility index (Phi) is 5.06. The Bertz CT molecular complexity index is 551. The minimum Gasteiger partial charge on any atom is -0.497 e. The molecule has 1 aliphatic heterocycles. The van der Waals surface area contributed by atoms with Gasteiger partial charge in [0.05, 0.1) is 14.2 Å². The third kappa shape index (κ3) is 3.96. The monoisotopic (exact) mass is 318 g/mol. The van der Waals surface area contributed by atoms with E-state index in [1.165, 1.54) is 6.42 Å². The van der Waals surface area contributed by atoms with Crippen LogP contribution in [-0.2, 0) is 11.3 Å². The summed E-state index contributed by atoms with van der Waals surface area (Å²) < 4.78 is 10.8. The fourth-order valence-corrected chi connectivity index (χ4v) is 3.26. The smallest absolute Gasteiger partial charge is 0.224 e. The number of carbonyl (C=O) groups is 1. The van der Waals surface area contributed by atoms with Crippen LogP contribution in [0.25, 0.3) is 0 Å². The fourth-order valence-electron chi connectivity index (χ4n) is 3.26. The molecule has 3 rings (SSSR count). The van der Waals surface area contributed by atoms with E-state index in [0.29, 0.717) is 25.0 Å². The van der Waals surface area contributed by atoms with Gasteiger partial charge in [-0.25, -0.2) is 0 Å². The topological polar surface area (TPSA) is 50.8 Å². The van der Waals surface area contributed by atoms with Crippen LogP contribution in [0, 0.1) is 0 Å². The van der Waals surface area contributed by atoms with Crippen molar-refractivity contribution in [3.8, 4) is 11.5 Å². The van der Waals surface area contributed by atoms with Crippen molar-refractivity contribution in [3.63, 3.8) is 0 Å². The zero-order chi connectivity index (χ0) is 16.2. The number of carbonyl (C=O) groups excluding carboxylic acids is 1. The number of ether oxygens (including phenoxy) is 2. The molecule has 0 radical (unpaired) electrons. The molecule has 5 nitrogen and oxygen atoms in total. The summed E-state index contributed by atoms with van der Waals surface area (Å²) >= 11 is 0. The first-order chi connectivity index (χ1) is 11.2. The maximum absolute atomic E-state index is 12.8. The Balaban J connectivity index is 1.72. The van der Waals surface area contributed by atoms with Crippen LogP contribution >= 0.6 is 0 Å². The van der Waals surface area contributed by atoms with Gasteiger partial charge in [0.1, 0.15) is 11.5 Å². The van der Waals surface area contributed by atoms with Gasteiger partial charge in [-0.15, -0.1) is 0 Å². The van der Waals surface area contributed by atoms with Crippen LogP contribution in [-0.4, -0.2) is 43.7 Å². The molecule has 0 spiro atoms. The van der Waals surface area contributed by atoms with Gasteiger partial charge in [-0.2, -0.15) is 0 Å². The van der Waals surface area contributed by atoms with Crippen molar-refractivity contribution in [3.05, 3.63) is 23.8 Å². The standard InChI is InChI=1S/C18H26N2O3/c1-22-16-7-8-17(23-2)13(10-16)12-20(15-5-6-15)18(21)11-14-4-3-9-19-14/h7-8,10,14-15,19H,3-6,9,11-12H2,1-2H3. The van der Waals surface area contributed by atoms with E-state index in [9.17, 15) is 4.79 Å². The summed E-state index contributed by atoms with van der Waals surface area (Å²) in [7, 11) is 3.32. The number of nitrogens with zero attached hydrogens (tertiary/aromatic N) is 1. The van der Waals surface area contributed by atoms with Crippen LogP contribution in [0.4, 0.5) is 0 Å². The van der Waals surface area contributed by atoms with Crippen molar-refractivity contribution < 1.29 is 14.3 Å². The van der Waals surface area contributed by atoms with E-state index in [2.05, 4.69) is 5.32 Å². The summed E-state index contributed by atoms with van der Waals surface area (Å²) in [6.07, 6.45) is 5.09. The highest BCUT2D eigenvalue weighted by atomic mass is 16.5. The van der Waals surface area contributed by atoms with E-state index in [4.69, 9.17) is 9.47 Å². The van der Waals surface area contributed by atoms with E-state index >= 15 is 0 Å².